The van der Waals surface area contributed by atoms with Gasteiger partial charge in [-0.1, -0.05) is 29.8 Å². The number of imidazole rings is 1. The highest BCUT2D eigenvalue weighted by atomic mass is 35.5. The van der Waals surface area contributed by atoms with Gasteiger partial charge in [0, 0.05) is 29.9 Å². The second-order valence-corrected chi connectivity index (χ2v) is 7.18. The maximum Gasteiger partial charge on any atom is 0.253 e. The summed E-state index contributed by atoms with van der Waals surface area (Å²) in [5.74, 6) is 1.11. The minimum absolute atomic E-state index is 0.269. The third-order valence-corrected chi connectivity index (χ3v) is 5.32. The molecule has 140 valence electrons. The molecule has 1 amide bonds. The SMILES string of the molecule is COc1ccccc1[C@H](NC(=O)c1cc(SC)ccc1Cl)c1nccn1C. The molecule has 3 rings (SSSR count). The number of nitrogens with zero attached hydrogens (tertiary/aromatic N) is 2. The summed E-state index contributed by atoms with van der Waals surface area (Å²) in [5, 5.41) is 3.47. The zero-order chi connectivity index (χ0) is 19.4. The van der Waals surface area contributed by atoms with E-state index in [0.29, 0.717) is 22.2 Å². The van der Waals surface area contributed by atoms with Crippen molar-refractivity contribution in [1.82, 2.24) is 14.9 Å². The Labute approximate surface area is 167 Å². The quantitative estimate of drug-likeness (QED) is 0.625. The van der Waals surface area contributed by atoms with Gasteiger partial charge in [0.25, 0.3) is 5.91 Å². The van der Waals surface area contributed by atoms with Crippen LogP contribution in [0.5, 0.6) is 5.75 Å². The number of hydrogen-bond donors (Lipinski definition) is 1. The van der Waals surface area contributed by atoms with Gasteiger partial charge < -0.3 is 14.6 Å². The van der Waals surface area contributed by atoms with E-state index in [9.17, 15) is 4.79 Å². The third-order valence-electron chi connectivity index (χ3n) is 4.26. The molecule has 0 fully saturated rings. The lowest BCUT2D eigenvalue weighted by Gasteiger charge is -2.21. The Balaban J connectivity index is 2.02. The second-order valence-electron chi connectivity index (χ2n) is 5.89. The van der Waals surface area contributed by atoms with Crippen LogP contribution >= 0.6 is 23.4 Å². The highest BCUT2D eigenvalue weighted by molar-refractivity contribution is 7.98. The van der Waals surface area contributed by atoms with E-state index in [1.165, 1.54) is 0 Å². The van der Waals surface area contributed by atoms with Crippen molar-refractivity contribution in [3.8, 4) is 5.75 Å². The van der Waals surface area contributed by atoms with E-state index in [1.54, 1.807) is 37.2 Å². The van der Waals surface area contributed by atoms with Crippen LogP contribution in [-0.2, 0) is 7.05 Å². The Morgan fingerprint density at radius 2 is 2.07 bits per heavy atom. The van der Waals surface area contributed by atoms with Crippen molar-refractivity contribution in [3.05, 3.63) is 76.8 Å². The Morgan fingerprint density at radius 3 is 2.74 bits per heavy atom. The molecule has 1 heterocycles. The fraction of sp³-hybridized carbons (Fsp3) is 0.200. The summed E-state index contributed by atoms with van der Waals surface area (Å²) in [6, 6.07) is 12.5. The molecule has 0 saturated heterocycles. The molecule has 0 aliphatic rings. The smallest absolute Gasteiger partial charge is 0.253 e. The maximum atomic E-state index is 13.0. The summed E-state index contributed by atoms with van der Waals surface area (Å²) in [6.07, 6.45) is 5.49. The summed E-state index contributed by atoms with van der Waals surface area (Å²) in [4.78, 5) is 18.4. The van der Waals surface area contributed by atoms with Crippen molar-refractivity contribution in [2.24, 2.45) is 7.05 Å². The summed E-state index contributed by atoms with van der Waals surface area (Å²) in [5.41, 5.74) is 1.25. The average molecular weight is 402 g/mol. The number of benzene rings is 2. The van der Waals surface area contributed by atoms with E-state index in [0.717, 1.165) is 10.5 Å². The molecular formula is C20H20ClN3O2S. The van der Waals surface area contributed by atoms with Crippen LogP contribution in [0.3, 0.4) is 0 Å². The van der Waals surface area contributed by atoms with Gasteiger partial charge in [0.1, 0.15) is 17.6 Å². The zero-order valence-corrected chi connectivity index (χ0v) is 16.8. The maximum absolute atomic E-state index is 13.0. The molecule has 5 nitrogen and oxygen atoms in total. The number of rotatable bonds is 6. The summed E-state index contributed by atoms with van der Waals surface area (Å²) < 4.78 is 7.37. The fourth-order valence-corrected chi connectivity index (χ4v) is 3.50. The number of aromatic nitrogens is 2. The number of ether oxygens (including phenoxy) is 1. The van der Waals surface area contributed by atoms with Gasteiger partial charge in [-0.05, 0) is 30.5 Å². The normalized spacial score (nSPS) is 11.9. The first-order valence-electron chi connectivity index (χ1n) is 8.29. The van der Waals surface area contributed by atoms with Crippen molar-refractivity contribution in [1.29, 1.82) is 0 Å². The molecule has 0 bridgehead atoms. The van der Waals surface area contributed by atoms with Crippen molar-refractivity contribution in [3.63, 3.8) is 0 Å². The molecule has 3 aromatic rings. The highest BCUT2D eigenvalue weighted by Gasteiger charge is 2.25. The Kier molecular flexibility index (Phi) is 6.08. The summed E-state index contributed by atoms with van der Waals surface area (Å²) in [6.45, 7) is 0. The van der Waals surface area contributed by atoms with Gasteiger partial charge in [0.15, 0.2) is 0 Å². The van der Waals surface area contributed by atoms with E-state index in [2.05, 4.69) is 10.3 Å². The van der Waals surface area contributed by atoms with Crippen molar-refractivity contribution in [2.75, 3.05) is 13.4 Å². The van der Waals surface area contributed by atoms with Crippen LogP contribution < -0.4 is 10.1 Å². The molecule has 0 saturated carbocycles. The lowest BCUT2D eigenvalue weighted by molar-refractivity contribution is 0.0940. The number of carbonyl (C=O) groups excluding carboxylic acids is 1. The Hall–Kier alpha value is -2.44. The first-order valence-corrected chi connectivity index (χ1v) is 9.90. The summed E-state index contributed by atoms with van der Waals surface area (Å²) in [7, 11) is 3.49. The van der Waals surface area contributed by atoms with E-state index in [4.69, 9.17) is 16.3 Å². The molecule has 1 N–H and O–H groups in total. The molecule has 0 aliphatic heterocycles. The summed E-state index contributed by atoms with van der Waals surface area (Å²) >= 11 is 7.83. The lowest BCUT2D eigenvalue weighted by Crippen LogP contribution is -2.31. The van der Waals surface area contributed by atoms with Gasteiger partial charge in [0.05, 0.1) is 17.7 Å². The first-order chi connectivity index (χ1) is 13.0. The number of amides is 1. The van der Waals surface area contributed by atoms with Crippen LogP contribution in [-0.4, -0.2) is 28.8 Å². The predicted octanol–water partition coefficient (Wildman–Crippen LogP) is 4.32. The van der Waals surface area contributed by atoms with E-state index < -0.39 is 6.04 Å². The van der Waals surface area contributed by atoms with Crippen LogP contribution in [0, 0.1) is 0 Å². The van der Waals surface area contributed by atoms with Gasteiger partial charge in [-0.25, -0.2) is 4.98 Å². The number of halogens is 1. The van der Waals surface area contributed by atoms with Gasteiger partial charge >= 0.3 is 0 Å². The number of para-hydroxylation sites is 1. The van der Waals surface area contributed by atoms with Crippen LogP contribution in [0.2, 0.25) is 5.02 Å². The largest absolute Gasteiger partial charge is 0.496 e. The predicted molar refractivity (Wildman–Crippen MR) is 109 cm³/mol. The van der Waals surface area contributed by atoms with Gasteiger partial charge in [-0.3, -0.25) is 4.79 Å². The Bertz CT molecular complexity index is 958. The van der Waals surface area contributed by atoms with Gasteiger partial charge in [-0.15, -0.1) is 11.8 Å². The zero-order valence-electron chi connectivity index (χ0n) is 15.3. The third kappa shape index (κ3) is 4.12. The van der Waals surface area contributed by atoms with Crippen LogP contribution in [0.4, 0.5) is 0 Å². The molecule has 0 radical (unpaired) electrons. The molecule has 1 atom stereocenters. The molecule has 7 heteroatoms. The molecule has 0 spiro atoms. The second kappa shape index (κ2) is 8.50. The molecule has 0 unspecified atom stereocenters. The standard InChI is InChI=1S/C20H20ClN3O2S/c1-24-11-10-22-19(24)18(14-6-4-5-7-17(14)26-2)23-20(25)15-12-13(27-3)8-9-16(15)21/h4-12,18H,1-3H3,(H,23,25)/t18-/m0/s1. The minimum Gasteiger partial charge on any atom is -0.496 e. The number of hydrogen-bond acceptors (Lipinski definition) is 4. The molecule has 2 aromatic carbocycles. The first kappa shape index (κ1) is 19.3. The number of thioether (sulfide) groups is 1. The molecule has 1 aromatic heterocycles. The number of aryl methyl sites for hydroxylation is 1. The van der Waals surface area contributed by atoms with Crippen LogP contribution in [0.25, 0.3) is 0 Å². The Morgan fingerprint density at radius 1 is 1.30 bits per heavy atom. The molecule has 0 aliphatic carbocycles. The number of carbonyl (C=O) groups is 1. The highest BCUT2D eigenvalue weighted by Crippen LogP contribution is 2.30. The monoisotopic (exact) mass is 401 g/mol. The lowest BCUT2D eigenvalue weighted by atomic mass is 10.0. The van der Waals surface area contributed by atoms with Gasteiger partial charge in [-0.2, -0.15) is 0 Å². The van der Waals surface area contributed by atoms with Crippen LogP contribution in [0.15, 0.2) is 59.8 Å². The number of nitrogens with one attached hydrogen (secondary N) is 1. The topological polar surface area (TPSA) is 56.1 Å². The molecule has 27 heavy (non-hydrogen) atoms. The van der Waals surface area contributed by atoms with Gasteiger partial charge in [0.2, 0.25) is 0 Å². The van der Waals surface area contributed by atoms with Crippen molar-refractivity contribution < 1.29 is 9.53 Å². The average Bonchev–Trinajstić information content (AvgIpc) is 3.12. The number of methoxy groups -OCH3 is 1. The van der Waals surface area contributed by atoms with Crippen molar-refractivity contribution in [2.45, 2.75) is 10.9 Å². The molecular weight excluding hydrogens is 382 g/mol. The minimum atomic E-state index is -0.484. The van der Waals surface area contributed by atoms with E-state index in [1.807, 2.05) is 54.4 Å². The van der Waals surface area contributed by atoms with E-state index >= 15 is 0 Å². The van der Waals surface area contributed by atoms with Crippen LogP contribution in [0.1, 0.15) is 27.8 Å². The van der Waals surface area contributed by atoms with Crippen molar-refractivity contribution >= 4 is 29.3 Å². The van der Waals surface area contributed by atoms with E-state index in [-0.39, 0.29) is 5.91 Å². The fourth-order valence-electron chi connectivity index (χ4n) is 2.86.